The van der Waals surface area contributed by atoms with E-state index in [1.807, 2.05) is 43.3 Å². The molecule has 2 atom stereocenters. The molecule has 210 valence electrons. The summed E-state index contributed by atoms with van der Waals surface area (Å²) in [4.78, 5) is 25.0. The van der Waals surface area contributed by atoms with Crippen LogP contribution in [-0.2, 0) is 16.1 Å². The van der Waals surface area contributed by atoms with E-state index in [1.54, 1.807) is 13.0 Å². The lowest BCUT2D eigenvalue weighted by Gasteiger charge is -2.17. The van der Waals surface area contributed by atoms with E-state index in [4.69, 9.17) is 21.1 Å². The van der Waals surface area contributed by atoms with Crippen molar-refractivity contribution >= 4 is 34.4 Å². The fourth-order valence-corrected chi connectivity index (χ4v) is 5.17. The lowest BCUT2D eigenvalue weighted by atomic mass is 9.98. The summed E-state index contributed by atoms with van der Waals surface area (Å²) < 4.78 is 12.7. The van der Waals surface area contributed by atoms with Gasteiger partial charge in [-0.2, -0.15) is 0 Å². The first-order valence-corrected chi connectivity index (χ1v) is 13.9. The number of ether oxygens (including phenoxy) is 2. The number of halogens is 1. The summed E-state index contributed by atoms with van der Waals surface area (Å²) in [5, 5.41) is 4.70. The van der Waals surface area contributed by atoms with Gasteiger partial charge in [-0.05, 0) is 92.3 Å². The number of hydrogen-bond acceptors (Lipinski definition) is 4. The number of benzene rings is 3. The molecule has 3 aromatic carbocycles. The second-order valence-corrected chi connectivity index (χ2v) is 11.1. The maximum atomic E-state index is 13.2. The van der Waals surface area contributed by atoms with Gasteiger partial charge in [0.25, 0.3) is 5.91 Å². The van der Waals surface area contributed by atoms with E-state index in [2.05, 4.69) is 55.8 Å². The molecule has 1 N–H and O–H groups in total. The average Bonchev–Trinajstić information content (AvgIpc) is 3.16. The summed E-state index contributed by atoms with van der Waals surface area (Å²) in [6, 6.07) is 19.5. The predicted octanol–water partition coefficient (Wildman–Crippen LogP) is 7.51. The second kappa shape index (κ2) is 12.2. The van der Waals surface area contributed by atoms with Crippen LogP contribution in [-0.4, -0.2) is 29.7 Å². The molecular weight excluding hydrogens is 524 g/mol. The lowest BCUT2D eigenvalue weighted by molar-refractivity contribution is -0.147. The zero-order valence-corrected chi connectivity index (χ0v) is 24.9. The third-order valence-corrected chi connectivity index (χ3v) is 7.66. The van der Waals surface area contributed by atoms with Crippen molar-refractivity contribution in [2.75, 3.05) is 7.11 Å². The van der Waals surface area contributed by atoms with Crippen LogP contribution >= 0.6 is 11.6 Å². The number of nitrogens with zero attached hydrogens (tertiary/aromatic N) is 1. The minimum atomic E-state index is -0.751. The highest BCUT2D eigenvalue weighted by Gasteiger charge is 2.18. The first-order valence-electron chi connectivity index (χ1n) is 13.5. The van der Waals surface area contributed by atoms with Gasteiger partial charge in [-0.3, -0.25) is 4.79 Å². The molecule has 1 unspecified atom stereocenters. The van der Waals surface area contributed by atoms with E-state index in [1.165, 1.54) is 12.7 Å². The Hall–Kier alpha value is -3.77. The summed E-state index contributed by atoms with van der Waals surface area (Å²) in [6.45, 7) is 12.7. The molecule has 0 fully saturated rings. The van der Waals surface area contributed by atoms with Gasteiger partial charge in [0.2, 0.25) is 0 Å². The van der Waals surface area contributed by atoms with Gasteiger partial charge in [0, 0.05) is 33.7 Å². The molecule has 40 heavy (non-hydrogen) atoms. The molecule has 1 amide bonds. The summed E-state index contributed by atoms with van der Waals surface area (Å²) >= 11 is 6.39. The van der Waals surface area contributed by atoms with Crippen LogP contribution in [0.5, 0.6) is 5.75 Å². The van der Waals surface area contributed by atoms with Gasteiger partial charge >= 0.3 is 5.97 Å². The number of nitrogens with one attached hydrogen (secondary N) is 1. The molecule has 0 aliphatic carbocycles. The fourth-order valence-electron chi connectivity index (χ4n) is 4.93. The van der Waals surface area contributed by atoms with Crippen molar-refractivity contribution in [3.05, 3.63) is 99.2 Å². The molecule has 0 saturated heterocycles. The Morgan fingerprint density at radius 3 is 2.38 bits per heavy atom. The highest BCUT2D eigenvalue weighted by atomic mass is 35.5. The predicted molar refractivity (Wildman–Crippen MR) is 160 cm³/mol. The van der Waals surface area contributed by atoms with Gasteiger partial charge < -0.3 is 19.4 Å². The van der Waals surface area contributed by atoms with Gasteiger partial charge in [0.05, 0.1) is 13.2 Å². The standard InChI is InChI=1S/C33H37ClN2O4/c1-19(2)25-9-8-10-26(15-25)21(4)35-32(37)27-11-12-31-30(16-27)20(3)22(5)36(31)18-24-13-28(34)17-29(14-24)40-23(6)33(38)39-7/h8-17,19,21,23H,18H2,1-7H3,(H,35,37)/t21-,23?/m0/s1. The SMILES string of the molecule is COC(=O)C(C)Oc1cc(Cl)cc(Cn2c(C)c(C)c3cc(C(=O)N[C@@H](C)c4cccc(C(C)C)c4)ccc32)c1. The summed E-state index contributed by atoms with van der Waals surface area (Å²) in [5.74, 6) is 0.362. The third-order valence-electron chi connectivity index (χ3n) is 7.44. The van der Waals surface area contributed by atoms with Crippen LogP contribution in [0.15, 0.2) is 60.7 Å². The Labute approximate surface area is 241 Å². The van der Waals surface area contributed by atoms with Crippen LogP contribution in [0.3, 0.4) is 0 Å². The third kappa shape index (κ3) is 6.34. The summed E-state index contributed by atoms with van der Waals surface area (Å²) in [5.41, 5.74) is 7.12. The minimum absolute atomic E-state index is 0.106. The zero-order valence-electron chi connectivity index (χ0n) is 24.2. The number of carbonyl (C=O) groups excluding carboxylic acids is 2. The van der Waals surface area contributed by atoms with Crippen LogP contribution in [0, 0.1) is 13.8 Å². The molecule has 0 spiro atoms. The van der Waals surface area contributed by atoms with Crippen molar-refractivity contribution in [1.29, 1.82) is 0 Å². The van der Waals surface area contributed by atoms with E-state index in [0.29, 0.717) is 28.8 Å². The topological polar surface area (TPSA) is 69.6 Å². The van der Waals surface area contributed by atoms with E-state index in [0.717, 1.165) is 33.3 Å². The summed E-state index contributed by atoms with van der Waals surface area (Å²) in [7, 11) is 1.33. The van der Waals surface area contributed by atoms with Crippen LogP contribution in [0.4, 0.5) is 0 Å². The van der Waals surface area contributed by atoms with Crippen molar-refractivity contribution in [2.45, 2.75) is 66.2 Å². The van der Waals surface area contributed by atoms with Crippen molar-refractivity contribution in [3.8, 4) is 5.75 Å². The minimum Gasteiger partial charge on any atom is -0.479 e. The molecule has 0 radical (unpaired) electrons. The van der Waals surface area contributed by atoms with Gasteiger partial charge in [-0.1, -0.05) is 49.7 Å². The first-order chi connectivity index (χ1) is 19.0. The van der Waals surface area contributed by atoms with Gasteiger partial charge in [-0.25, -0.2) is 4.79 Å². The van der Waals surface area contributed by atoms with Gasteiger partial charge in [0.1, 0.15) is 5.75 Å². The van der Waals surface area contributed by atoms with Crippen molar-refractivity contribution in [3.63, 3.8) is 0 Å². The van der Waals surface area contributed by atoms with E-state index >= 15 is 0 Å². The smallest absolute Gasteiger partial charge is 0.346 e. The van der Waals surface area contributed by atoms with Crippen LogP contribution in [0.2, 0.25) is 5.02 Å². The monoisotopic (exact) mass is 560 g/mol. The maximum absolute atomic E-state index is 13.2. The molecular formula is C33H37ClN2O4. The highest BCUT2D eigenvalue weighted by molar-refractivity contribution is 6.30. The quantitative estimate of drug-likeness (QED) is 0.215. The van der Waals surface area contributed by atoms with E-state index in [-0.39, 0.29) is 11.9 Å². The number of aryl methyl sites for hydroxylation is 1. The number of fused-ring (bicyclic) bond motifs is 1. The number of methoxy groups -OCH3 is 1. The van der Waals surface area contributed by atoms with E-state index in [9.17, 15) is 9.59 Å². The molecule has 4 rings (SSSR count). The van der Waals surface area contributed by atoms with Crippen LogP contribution < -0.4 is 10.1 Å². The Balaban J connectivity index is 1.57. The maximum Gasteiger partial charge on any atom is 0.346 e. The molecule has 0 saturated carbocycles. The average molecular weight is 561 g/mol. The molecule has 0 aliphatic heterocycles. The number of hydrogen-bond donors (Lipinski definition) is 1. The molecule has 6 nitrogen and oxygen atoms in total. The Morgan fingerprint density at radius 1 is 0.950 bits per heavy atom. The number of esters is 1. The number of carbonyl (C=O) groups is 2. The lowest BCUT2D eigenvalue weighted by Crippen LogP contribution is -2.26. The Bertz CT molecular complexity index is 1560. The highest BCUT2D eigenvalue weighted by Crippen LogP contribution is 2.30. The largest absolute Gasteiger partial charge is 0.479 e. The molecule has 7 heteroatoms. The Kier molecular flexibility index (Phi) is 8.89. The number of aromatic nitrogens is 1. The van der Waals surface area contributed by atoms with Crippen LogP contribution in [0.1, 0.15) is 78.0 Å². The summed E-state index contributed by atoms with van der Waals surface area (Å²) in [6.07, 6.45) is -0.751. The number of amides is 1. The second-order valence-electron chi connectivity index (χ2n) is 10.6. The zero-order chi connectivity index (χ0) is 29.1. The van der Waals surface area contributed by atoms with Crippen molar-refractivity contribution < 1.29 is 19.1 Å². The van der Waals surface area contributed by atoms with Gasteiger partial charge in [0.15, 0.2) is 6.10 Å². The number of rotatable bonds is 9. The molecule has 1 heterocycles. The molecule has 1 aromatic heterocycles. The molecule has 0 aliphatic rings. The van der Waals surface area contributed by atoms with Gasteiger partial charge in [-0.15, -0.1) is 0 Å². The van der Waals surface area contributed by atoms with E-state index < -0.39 is 12.1 Å². The molecule has 4 aromatic rings. The van der Waals surface area contributed by atoms with Crippen LogP contribution in [0.25, 0.3) is 10.9 Å². The Morgan fingerprint density at radius 2 is 1.68 bits per heavy atom. The first kappa shape index (κ1) is 29.2. The molecule has 0 bridgehead atoms. The fraction of sp³-hybridized carbons (Fsp3) is 0.333. The van der Waals surface area contributed by atoms with Crippen molar-refractivity contribution in [1.82, 2.24) is 9.88 Å². The normalized spacial score (nSPS) is 12.8. The van der Waals surface area contributed by atoms with Crippen molar-refractivity contribution in [2.24, 2.45) is 0 Å².